The number of aromatic nitrogens is 2. The molecule has 0 aliphatic carbocycles. The van der Waals surface area contributed by atoms with Crippen molar-refractivity contribution in [2.24, 2.45) is 7.05 Å². The third-order valence-electron chi connectivity index (χ3n) is 1.99. The van der Waals surface area contributed by atoms with Gasteiger partial charge in [-0.05, 0) is 13.3 Å². The number of ether oxygens (including phenoxy) is 2. The summed E-state index contributed by atoms with van der Waals surface area (Å²) in [5, 5.41) is 0. The average molecular weight is 307 g/mol. The second-order valence-corrected chi connectivity index (χ2v) is 3.68. The van der Waals surface area contributed by atoms with Crippen LogP contribution in [0.3, 0.4) is 0 Å². The van der Waals surface area contributed by atoms with Gasteiger partial charge in [0.1, 0.15) is 12.4 Å². The van der Waals surface area contributed by atoms with Crippen LogP contribution < -0.4 is 21.5 Å². The summed E-state index contributed by atoms with van der Waals surface area (Å²) >= 11 is 0. The first-order chi connectivity index (χ1) is 7.61. The van der Waals surface area contributed by atoms with Gasteiger partial charge in [0, 0.05) is 0 Å². The van der Waals surface area contributed by atoms with Crippen LogP contribution >= 0.6 is 0 Å². The number of halogens is 1. The molecule has 1 heterocycles. The normalized spacial score (nSPS) is 11.7. The van der Waals surface area contributed by atoms with Gasteiger partial charge in [-0.15, -0.1) is 0 Å². The molecule has 0 bridgehead atoms. The third-order valence-corrected chi connectivity index (χ3v) is 1.99. The number of nitrogens with zero attached hydrogens (tertiary/aromatic N) is 2. The van der Waals surface area contributed by atoms with E-state index >= 15 is 0 Å². The zero-order valence-electron chi connectivity index (χ0n) is 10.4. The fraction of sp³-hybridized carbons (Fsp3) is 0.636. The van der Waals surface area contributed by atoms with Crippen molar-refractivity contribution in [2.75, 3.05) is 6.61 Å². The van der Waals surface area contributed by atoms with Crippen molar-refractivity contribution < 1.29 is 35.8 Å². The molecule has 0 aliphatic rings. The highest BCUT2D eigenvalue weighted by atomic mass is 79.9. The molecule has 0 N–H and O–H groups in total. The fourth-order valence-corrected chi connectivity index (χ4v) is 1.28. The molecule has 5 nitrogen and oxygen atoms in total. The maximum Gasteiger partial charge on any atom is 0.350 e. The van der Waals surface area contributed by atoms with E-state index in [1.54, 1.807) is 11.5 Å². The molecule has 0 saturated heterocycles. The van der Waals surface area contributed by atoms with Crippen LogP contribution in [0.25, 0.3) is 0 Å². The zero-order valence-corrected chi connectivity index (χ0v) is 12.0. The van der Waals surface area contributed by atoms with Gasteiger partial charge < -0.3 is 26.5 Å². The van der Waals surface area contributed by atoms with Crippen molar-refractivity contribution in [3.63, 3.8) is 0 Å². The Labute approximate surface area is 112 Å². The second-order valence-electron chi connectivity index (χ2n) is 3.68. The number of carbonyl (C=O) groups is 1. The number of hydrogen-bond acceptors (Lipinski definition) is 3. The molecule has 1 rings (SSSR count). The van der Waals surface area contributed by atoms with Crippen LogP contribution in [0.2, 0.25) is 0 Å². The van der Waals surface area contributed by atoms with Crippen molar-refractivity contribution in [3.05, 3.63) is 18.7 Å². The number of rotatable bonds is 6. The Kier molecular flexibility index (Phi) is 7.82. The monoisotopic (exact) mass is 306 g/mol. The SMILES string of the molecule is CCCOC(C)OC(=O)Cn1cc[n+](C)c1.[Br-]. The minimum Gasteiger partial charge on any atom is -1.00 e. The molecule has 0 amide bonds. The molecule has 0 aromatic carbocycles. The Bertz CT molecular complexity index is 341. The van der Waals surface area contributed by atoms with Gasteiger partial charge in [-0.25, -0.2) is 13.9 Å². The Morgan fingerprint density at radius 2 is 2.24 bits per heavy atom. The van der Waals surface area contributed by atoms with Crippen molar-refractivity contribution in [1.82, 2.24) is 4.57 Å². The lowest BCUT2D eigenvalue weighted by Gasteiger charge is -2.12. The van der Waals surface area contributed by atoms with E-state index in [0.29, 0.717) is 6.61 Å². The molecule has 1 aromatic heterocycles. The Balaban J connectivity index is 0.00000256. The van der Waals surface area contributed by atoms with E-state index in [1.807, 2.05) is 37.3 Å². The first-order valence-corrected chi connectivity index (χ1v) is 5.44. The molecule has 0 saturated carbocycles. The highest BCUT2D eigenvalue weighted by Crippen LogP contribution is 1.97. The molecule has 0 fully saturated rings. The van der Waals surface area contributed by atoms with Gasteiger partial charge in [-0.3, -0.25) is 0 Å². The van der Waals surface area contributed by atoms with Crippen molar-refractivity contribution in [3.8, 4) is 0 Å². The van der Waals surface area contributed by atoms with E-state index in [2.05, 4.69) is 0 Å². The summed E-state index contributed by atoms with van der Waals surface area (Å²) in [6.07, 6.45) is 5.94. The first-order valence-electron chi connectivity index (χ1n) is 5.44. The van der Waals surface area contributed by atoms with Crippen molar-refractivity contribution >= 4 is 5.97 Å². The van der Waals surface area contributed by atoms with E-state index in [4.69, 9.17) is 9.47 Å². The van der Waals surface area contributed by atoms with E-state index in [-0.39, 0.29) is 29.5 Å². The number of aryl methyl sites for hydroxylation is 1. The maximum atomic E-state index is 11.5. The predicted octanol–water partition coefficient (Wildman–Crippen LogP) is -2.37. The van der Waals surface area contributed by atoms with Gasteiger partial charge in [0.15, 0.2) is 12.8 Å². The number of esters is 1. The van der Waals surface area contributed by atoms with Crippen LogP contribution in [0.15, 0.2) is 18.7 Å². The molecule has 1 unspecified atom stereocenters. The fourth-order valence-electron chi connectivity index (χ4n) is 1.28. The highest BCUT2D eigenvalue weighted by molar-refractivity contribution is 5.69. The molecule has 6 heteroatoms. The van der Waals surface area contributed by atoms with E-state index in [9.17, 15) is 4.79 Å². The molecule has 98 valence electrons. The summed E-state index contributed by atoms with van der Waals surface area (Å²) in [7, 11) is 1.90. The van der Waals surface area contributed by atoms with Crippen LogP contribution in [-0.4, -0.2) is 23.4 Å². The number of imidazole rings is 1. The molecule has 0 aliphatic heterocycles. The summed E-state index contributed by atoms with van der Waals surface area (Å²) in [5.74, 6) is -0.292. The maximum absolute atomic E-state index is 11.5. The first kappa shape index (κ1) is 16.1. The molecule has 17 heavy (non-hydrogen) atoms. The smallest absolute Gasteiger partial charge is 0.350 e. The lowest BCUT2D eigenvalue weighted by molar-refractivity contribution is -0.671. The molecule has 1 aromatic rings. The molecule has 0 spiro atoms. The van der Waals surface area contributed by atoms with E-state index in [0.717, 1.165) is 6.42 Å². The molecular weight excluding hydrogens is 288 g/mol. The second kappa shape index (κ2) is 8.25. The lowest BCUT2D eigenvalue weighted by Crippen LogP contribution is -3.00. The van der Waals surface area contributed by atoms with Crippen LogP contribution in [0.5, 0.6) is 0 Å². The van der Waals surface area contributed by atoms with Crippen molar-refractivity contribution in [2.45, 2.75) is 33.1 Å². The molecule has 1 atom stereocenters. The predicted molar refractivity (Wildman–Crippen MR) is 57.4 cm³/mol. The van der Waals surface area contributed by atoms with Crippen LogP contribution in [0.4, 0.5) is 0 Å². The van der Waals surface area contributed by atoms with E-state index in [1.165, 1.54) is 0 Å². The summed E-state index contributed by atoms with van der Waals surface area (Å²) in [6.45, 7) is 4.55. The Morgan fingerprint density at radius 3 is 2.76 bits per heavy atom. The summed E-state index contributed by atoms with van der Waals surface area (Å²) in [5.41, 5.74) is 0. The number of carbonyl (C=O) groups excluding carboxylic acids is 1. The van der Waals surface area contributed by atoms with Crippen LogP contribution in [0, 0.1) is 0 Å². The number of hydrogen-bond donors (Lipinski definition) is 0. The summed E-state index contributed by atoms with van der Waals surface area (Å²) in [6, 6.07) is 0. The van der Waals surface area contributed by atoms with Crippen LogP contribution in [-0.2, 0) is 27.9 Å². The Hall–Kier alpha value is -0.880. The topological polar surface area (TPSA) is 44.3 Å². The third kappa shape index (κ3) is 6.43. The quantitative estimate of drug-likeness (QED) is 0.335. The van der Waals surface area contributed by atoms with E-state index < -0.39 is 6.29 Å². The largest absolute Gasteiger partial charge is 1.00 e. The summed E-state index contributed by atoms with van der Waals surface area (Å²) in [4.78, 5) is 11.5. The zero-order chi connectivity index (χ0) is 12.0. The van der Waals surface area contributed by atoms with Gasteiger partial charge in [-0.2, -0.15) is 0 Å². The van der Waals surface area contributed by atoms with Gasteiger partial charge in [0.2, 0.25) is 6.33 Å². The van der Waals surface area contributed by atoms with Gasteiger partial charge in [-0.1, -0.05) is 6.92 Å². The standard InChI is InChI=1S/C11H19N2O3.BrH/c1-4-7-15-10(2)16-11(14)8-13-6-5-12(3)9-13;/h5-6,9-10H,4,7-8H2,1-3H3;1H/q+1;/p-1. The van der Waals surface area contributed by atoms with Crippen molar-refractivity contribution in [1.29, 1.82) is 0 Å². The lowest BCUT2D eigenvalue weighted by atomic mass is 10.5. The molecular formula is C11H19BrN2O3. The van der Waals surface area contributed by atoms with Crippen LogP contribution in [0.1, 0.15) is 20.3 Å². The highest BCUT2D eigenvalue weighted by Gasteiger charge is 2.12. The Morgan fingerprint density at radius 1 is 1.53 bits per heavy atom. The van der Waals surface area contributed by atoms with Gasteiger partial charge in [0.25, 0.3) is 0 Å². The van der Waals surface area contributed by atoms with Gasteiger partial charge >= 0.3 is 5.97 Å². The molecule has 0 radical (unpaired) electrons. The minimum absolute atomic E-state index is 0. The van der Waals surface area contributed by atoms with Gasteiger partial charge in [0.05, 0.1) is 13.7 Å². The minimum atomic E-state index is -0.475. The summed E-state index contributed by atoms with van der Waals surface area (Å²) < 4.78 is 13.9. The average Bonchev–Trinajstić information content (AvgIpc) is 2.60.